The summed E-state index contributed by atoms with van der Waals surface area (Å²) >= 11 is 0. The molecule has 1 unspecified atom stereocenters. The molecule has 1 atom stereocenters. The summed E-state index contributed by atoms with van der Waals surface area (Å²) in [4.78, 5) is 0. The minimum absolute atomic E-state index is 0.0725. The van der Waals surface area contributed by atoms with Crippen molar-refractivity contribution < 1.29 is 19.7 Å². The van der Waals surface area contributed by atoms with Gasteiger partial charge in [0.1, 0.15) is 23.4 Å². The van der Waals surface area contributed by atoms with E-state index in [1.807, 2.05) is 19.1 Å². The van der Waals surface area contributed by atoms with Crippen LogP contribution in [0.2, 0.25) is 0 Å². The van der Waals surface area contributed by atoms with Gasteiger partial charge < -0.3 is 19.7 Å². The van der Waals surface area contributed by atoms with Crippen molar-refractivity contribution in [3.63, 3.8) is 0 Å². The molecule has 0 aliphatic carbocycles. The van der Waals surface area contributed by atoms with Gasteiger partial charge in [-0.2, -0.15) is 0 Å². The summed E-state index contributed by atoms with van der Waals surface area (Å²) < 4.78 is 11.0. The molecule has 2 aromatic rings. The number of hydrogen-bond acceptors (Lipinski definition) is 4. The molecule has 0 bridgehead atoms. The highest BCUT2D eigenvalue weighted by Crippen LogP contribution is 2.28. The van der Waals surface area contributed by atoms with Gasteiger partial charge in [0.25, 0.3) is 0 Å². The number of rotatable bonds is 5. The molecule has 0 aliphatic rings. The second-order valence-corrected chi connectivity index (χ2v) is 4.48. The predicted molar refractivity (Wildman–Crippen MR) is 76.1 cm³/mol. The summed E-state index contributed by atoms with van der Waals surface area (Å²) in [7, 11) is 1.56. The zero-order chi connectivity index (χ0) is 14.5. The summed E-state index contributed by atoms with van der Waals surface area (Å²) in [6.45, 7) is 1.86. The maximum absolute atomic E-state index is 9.27. The van der Waals surface area contributed by atoms with Gasteiger partial charge in [-0.25, -0.2) is 0 Å². The molecule has 0 heterocycles. The molecule has 106 valence electrons. The first-order valence-corrected chi connectivity index (χ1v) is 6.37. The van der Waals surface area contributed by atoms with E-state index < -0.39 is 0 Å². The molecule has 4 heteroatoms. The number of aromatic hydroxyl groups is 1. The first kappa shape index (κ1) is 14.2. The van der Waals surface area contributed by atoms with Crippen LogP contribution in [0.1, 0.15) is 24.2 Å². The summed E-state index contributed by atoms with van der Waals surface area (Å²) in [5, 5.41) is 18.5. The fraction of sp³-hybridized carbons (Fsp3) is 0.250. The van der Waals surface area contributed by atoms with Crippen LogP contribution in [0.4, 0.5) is 0 Å². The molecule has 0 saturated heterocycles. The van der Waals surface area contributed by atoms with Crippen molar-refractivity contribution in [2.24, 2.45) is 0 Å². The monoisotopic (exact) mass is 274 g/mol. The van der Waals surface area contributed by atoms with E-state index in [1.54, 1.807) is 37.4 Å². The van der Waals surface area contributed by atoms with Crippen molar-refractivity contribution in [1.82, 2.24) is 0 Å². The summed E-state index contributed by atoms with van der Waals surface area (Å²) in [5.74, 6) is 1.50. The maximum atomic E-state index is 9.27. The Balaban J connectivity index is 2.15. The normalized spacial score (nSPS) is 11.9. The van der Waals surface area contributed by atoms with Crippen LogP contribution < -0.4 is 9.47 Å². The molecule has 2 aromatic carbocycles. The highest BCUT2D eigenvalue weighted by atomic mass is 16.5. The van der Waals surface area contributed by atoms with E-state index in [1.165, 1.54) is 0 Å². The average Bonchev–Trinajstić information content (AvgIpc) is 2.47. The molecule has 0 amide bonds. The highest BCUT2D eigenvalue weighted by molar-refractivity contribution is 5.40. The van der Waals surface area contributed by atoms with Crippen molar-refractivity contribution in [3.05, 3.63) is 53.6 Å². The smallest absolute Gasteiger partial charge is 0.128 e. The topological polar surface area (TPSA) is 58.9 Å². The Bertz CT molecular complexity index is 563. The largest absolute Gasteiger partial charge is 0.508 e. The van der Waals surface area contributed by atoms with E-state index in [0.717, 1.165) is 11.1 Å². The fourth-order valence-corrected chi connectivity index (χ4v) is 1.95. The van der Waals surface area contributed by atoms with E-state index in [2.05, 4.69) is 0 Å². The van der Waals surface area contributed by atoms with Gasteiger partial charge in [0, 0.05) is 11.6 Å². The number of aliphatic hydroxyl groups is 1. The second-order valence-electron chi connectivity index (χ2n) is 4.48. The maximum Gasteiger partial charge on any atom is 0.128 e. The van der Waals surface area contributed by atoms with Gasteiger partial charge in [-0.15, -0.1) is 0 Å². The van der Waals surface area contributed by atoms with Crippen molar-refractivity contribution >= 4 is 0 Å². The van der Waals surface area contributed by atoms with Gasteiger partial charge >= 0.3 is 0 Å². The first-order valence-electron chi connectivity index (χ1n) is 6.37. The summed E-state index contributed by atoms with van der Waals surface area (Å²) in [6.07, 6.45) is -0.153. The first-order chi connectivity index (χ1) is 9.63. The number of phenolic OH excluding ortho intramolecular Hbond substituents is 1. The lowest BCUT2D eigenvalue weighted by Gasteiger charge is -2.16. The van der Waals surface area contributed by atoms with Gasteiger partial charge in [0.15, 0.2) is 0 Å². The van der Waals surface area contributed by atoms with Crippen LogP contribution in [0.25, 0.3) is 0 Å². The standard InChI is InChI=1S/C16H18O4/c1-11(12-3-6-14(18)7-4-12)20-15-8-5-13(10-17)16(9-15)19-2/h3-9,11,17-18H,10H2,1-2H3. The van der Waals surface area contributed by atoms with Crippen molar-refractivity contribution in [2.75, 3.05) is 7.11 Å². The number of aliphatic hydroxyl groups excluding tert-OH is 1. The minimum Gasteiger partial charge on any atom is -0.508 e. The lowest BCUT2D eigenvalue weighted by molar-refractivity contribution is 0.225. The van der Waals surface area contributed by atoms with Crippen LogP contribution in [-0.4, -0.2) is 17.3 Å². The van der Waals surface area contributed by atoms with Gasteiger partial charge in [0.05, 0.1) is 13.7 Å². The highest BCUT2D eigenvalue weighted by Gasteiger charge is 2.09. The Morgan fingerprint density at radius 1 is 1.10 bits per heavy atom. The van der Waals surface area contributed by atoms with Crippen LogP contribution in [0.5, 0.6) is 17.2 Å². The minimum atomic E-state index is -0.153. The van der Waals surface area contributed by atoms with E-state index >= 15 is 0 Å². The Kier molecular flexibility index (Phi) is 4.48. The quantitative estimate of drug-likeness (QED) is 0.880. The van der Waals surface area contributed by atoms with Gasteiger partial charge in [-0.1, -0.05) is 12.1 Å². The molecule has 0 aliphatic heterocycles. The van der Waals surface area contributed by atoms with Gasteiger partial charge in [-0.05, 0) is 36.8 Å². The van der Waals surface area contributed by atoms with E-state index in [0.29, 0.717) is 11.5 Å². The van der Waals surface area contributed by atoms with E-state index in [4.69, 9.17) is 9.47 Å². The second kappa shape index (κ2) is 6.30. The van der Waals surface area contributed by atoms with Crippen molar-refractivity contribution in [2.45, 2.75) is 19.6 Å². The molecule has 20 heavy (non-hydrogen) atoms. The zero-order valence-corrected chi connectivity index (χ0v) is 11.5. The summed E-state index contributed by atoms with van der Waals surface area (Å²) in [6, 6.07) is 12.2. The SMILES string of the molecule is COc1cc(OC(C)c2ccc(O)cc2)ccc1CO. The number of phenols is 1. The molecule has 0 saturated carbocycles. The van der Waals surface area contributed by atoms with E-state index in [9.17, 15) is 10.2 Å². The van der Waals surface area contributed by atoms with Gasteiger partial charge in [0.2, 0.25) is 0 Å². The molecule has 0 spiro atoms. The third kappa shape index (κ3) is 3.22. The Labute approximate surface area is 118 Å². The number of hydrogen-bond donors (Lipinski definition) is 2. The molecule has 2 N–H and O–H groups in total. The lowest BCUT2D eigenvalue weighted by Crippen LogP contribution is -2.03. The summed E-state index contributed by atoms with van der Waals surface area (Å²) in [5.41, 5.74) is 1.69. The molecule has 0 aromatic heterocycles. The number of benzene rings is 2. The zero-order valence-electron chi connectivity index (χ0n) is 11.5. The third-order valence-electron chi connectivity index (χ3n) is 3.10. The Morgan fingerprint density at radius 2 is 1.80 bits per heavy atom. The van der Waals surface area contributed by atoms with Crippen LogP contribution in [0, 0.1) is 0 Å². The van der Waals surface area contributed by atoms with Crippen LogP contribution in [-0.2, 0) is 6.61 Å². The fourth-order valence-electron chi connectivity index (χ4n) is 1.95. The average molecular weight is 274 g/mol. The Morgan fingerprint density at radius 3 is 2.40 bits per heavy atom. The lowest BCUT2D eigenvalue weighted by atomic mass is 10.1. The Hall–Kier alpha value is -2.20. The third-order valence-corrected chi connectivity index (χ3v) is 3.10. The molecule has 2 rings (SSSR count). The van der Waals surface area contributed by atoms with Crippen LogP contribution >= 0.6 is 0 Å². The molecule has 0 radical (unpaired) electrons. The van der Waals surface area contributed by atoms with Crippen LogP contribution in [0.15, 0.2) is 42.5 Å². The molecular formula is C16H18O4. The van der Waals surface area contributed by atoms with Crippen molar-refractivity contribution in [3.8, 4) is 17.2 Å². The van der Waals surface area contributed by atoms with Crippen molar-refractivity contribution in [1.29, 1.82) is 0 Å². The molecule has 4 nitrogen and oxygen atoms in total. The van der Waals surface area contributed by atoms with Gasteiger partial charge in [-0.3, -0.25) is 0 Å². The van der Waals surface area contributed by atoms with E-state index in [-0.39, 0.29) is 18.5 Å². The number of ether oxygens (including phenoxy) is 2. The molecule has 0 fully saturated rings. The molecular weight excluding hydrogens is 256 g/mol. The predicted octanol–water partition coefficient (Wildman–Crippen LogP) is 3.03. The van der Waals surface area contributed by atoms with Crippen LogP contribution in [0.3, 0.4) is 0 Å². The number of methoxy groups -OCH3 is 1.